The van der Waals surface area contributed by atoms with Gasteiger partial charge in [0.25, 0.3) is 0 Å². The molecule has 1 unspecified atom stereocenters. The van der Waals surface area contributed by atoms with E-state index in [4.69, 9.17) is 4.98 Å². The number of hydrogen-bond acceptors (Lipinski definition) is 3. The Kier molecular flexibility index (Phi) is 3.65. The van der Waals surface area contributed by atoms with E-state index in [0.717, 1.165) is 36.4 Å². The van der Waals surface area contributed by atoms with Crippen LogP contribution in [-0.2, 0) is 0 Å². The summed E-state index contributed by atoms with van der Waals surface area (Å²) < 4.78 is 0. The molecule has 0 saturated carbocycles. The maximum absolute atomic E-state index is 4.92. The number of nitrogens with zero attached hydrogens (tertiary/aromatic N) is 2. The van der Waals surface area contributed by atoms with Crippen LogP contribution >= 0.6 is 11.3 Å². The number of aromatic amines is 1. The molecule has 3 aliphatic rings. The van der Waals surface area contributed by atoms with Crippen LogP contribution in [0.3, 0.4) is 0 Å². The maximum atomic E-state index is 4.92. The van der Waals surface area contributed by atoms with Crippen molar-refractivity contribution in [3.05, 3.63) is 77.5 Å². The van der Waals surface area contributed by atoms with Crippen molar-refractivity contribution in [3.63, 3.8) is 0 Å². The second-order valence-corrected chi connectivity index (χ2v) is 7.60. The Morgan fingerprint density at radius 1 is 1.00 bits per heavy atom. The van der Waals surface area contributed by atoms with Crippen molar-refractivity contribution in [2.24, 2.45) is 0 Å². The van der Waals surface area contributed by atoms with Crippen LogP contribution in [0.4, 0.5) is 0 Å². The van der Waals surface area contributed by atoms with Crippen LogP contribution in [0.2, 0.25) is 0 Å². The first-order valence-electron chi connectivity index (χ1n) is 8.71. The molecule has 0 amide bonds. The van der Waals surface area contributed by atoms with Crippen molar-refractivity contribution in [1.82, 2.24) is 14.9 Å². The van der Waals surface area contributed by atoms with Gasteiger partial charge in [0.15, 0.2) is 0 Å². The molecule has 1 N–H and O–H groups in total. The molecular formula is C21H19N3S. The average molecular weight is 345 g/mol. The maximum Gasteiger partial charge on any atom is 0.130 e. The van der Waals surface area contributed by atoms with E-state index in [1.807, 2.05) is 17.4 Å². The molecule has 1 atom stereocenters. The van der Waals surface area contributed by atoms with Gasteiger partial charge in [-0.3, -0.25) is 4.90 Å². The van der Waals surface area contributed by atoms with Gasteiger partial charge in [-0.05, 0) is 36.2 Å². The number of aromatic nitrogens is 2. The lowest BCUT2D eigenvalue weighted by atomic mass is 10.1. The first kappa shape index (κ1) is 14.9. The van der Waals surface area contributed by atoms with E-state index in [1.165, 1.54) is 15.3 Å². The molecule has 2 aliphatic heterocycles. The van der Waals surface area contributed by atoms with E-state index in [2.05, 4.69) is 70.6 Å². The zero-order valence-corrected chi connectivity index (χ0v) is 14.7. The summed E-state index contributed by atoms with van der Waals surface area (Å²) >= 11 is 1.87. The van der Waals surface area contributed by atoms with Crippen molar-refractivity contribution < 1.29 is 0 Å². The summed E-state index contributed by atoms with van der Waals surface area (Å²) in [6, 6.07) is 19.5. The largest absolute Gasteiger partial charge is 0.340 e. The Bertz CT molecular complexity index is 978. The van der Waals surface area contributed by atoms with Crippen LogP contribution in [0.15, 0.2) is 66.7 Å². The van der Waals surface area contributed by atoms with Gasteiger partial charge in [0.05, 0.1) is 11.0 Å². The highest BCUT2D eigenvalue weighted by atomic mass is 32.1. The smallest absolute Gasteiger partial charge is 0.130 e. The Balaban J connectivity index is 1.65. The first-order valence-corrected chi connectivity index (χ1v) is 9.52. The number of imidazole rings is 1. The first-order chi connectivity index (χ1) is 12.4. The molecule has 25 heavy (non-hydrogen) atoms. The fraction of sp³-hybridized carbons (Fsp3) is 0.190. The molecule has 4 heteroatoms. The van der Waals surface area contributed by atoms with E-state index in [0.29, 0.717) is 0 Å². The van der Waals surface area contributed by atoms with Gasteiger partial charge in [0, 0.05) is 22.8 Å². The molecule has 0 radical (unpaired) electrons. The van der Waals surface area contributed by atoms with Gasteiger partial charge >= 0.3 is 0 Å². The third-order valence-electron chi connectivity index (χ3n) is 4.85. The lowest BCUT2D eigenvalue weighted by Gasteiger charge is -2.31. The molecule has 5 rings (SSSR count). The van der Waals surface area contributed by atoms with E-state index in [1.54, 1.807) is 0 Å². The molecule has 3 heterocycles. The highest BCUT2D eigenvalue weighted by Gasteiger charge is 2.27. The quantitative estimate of drug-likeness (QED) is 0.525. The van der Waals surface area contributed by atoms with Crippen LogP contribution in [0.25, 0.3) is 21.5 Å². The molecule has 1 aromatic heterocycles. The number of fused-ring (bicyclic) bond motifs is 2. The molecule has 0 spiro atoms. The standard InChI is InChI=1S/C21H19N3S/c1-4-13-24(14-5-1)20(19-12-11-15-7-6-10-18(15)25-19)21-22-16-8-2-3-9-17(16)23-21/h1-4,6-12,20H,5,13-14H2,(H,22,23). The molecule has 2 aromatic rings. The van der Waals surface area contributed by atoms with Gasteiger partial charge < -0.3 is 4.98 Å². The van der Waals surface area contributed by atoms with Gasteiger partial charge in [0.2, 0.25) is 0 Å². The van der Waals surface area contributed by atoms with Crippen LogP contribution in [0, 0.1) is 0 Å². The minimum Gasteiger partial charge on any atom is -0.340 e. The second-order valence-electron chi connectivity index (χ2n) is 6.48. The molecular weight excluding hydrogens is 326 g/mol. The van der Waals surface area contributed by atoms with E-state index >= 15 is 0 Å². The predicted molar refractivity (Wildman–Crippen MR) is 104 cm³/mol. The molecule has 0 fully saturated rings. The Morgan fingerprint density at radius 2 is 1.96 bits per heavy atom. The van der Waals surface area contributed by atoms with Gasteiger partial charge in [-0.25, -0.2) is 4.98 Å². The summed E-state index contributed by atoms with van der Waals surface area (Å²) in [6.07, 6.45) is 5.64. The van der Waals surface area contributed by atoms with Crippen LogP contribution in [-0.4, -0.2) is 28.0 Å². The molecule has 1 aromatic carbocycles. The monoisotopic (exact) mass is 345 g/mol. The lowest BCUT2D eigenvalue weighted by molar-refractivity contribution is 0.242. The van der Waals surface area contributed by atoms with E-state index < -0.39 is 0 Å². The molecule has 0 saturated heterocycles. The van der Waals surface area contributed by atoms with Gasteiger partial charge in [0.1, 0.15) is 11.9 Å². The zero-order chi connectivity index (χ0) is 16.6. The number of hydrogen-bond donors (Lipinski definition) is 1. The van der Waals surface area contributed by atoms with Gasteiger partial charge in [-0.2, -0.15) is 0 Å². The molecule has 0 bridgehead atoms. The fourth-order valence-corrected chi connectivity index (χ4v) is 4.77. The van der Waals surface area contributed by atoms with E-state index in [-0.39, 0.29) is 6.04 Å². The number of H-pyrrole nitrogens is 1. The lowest BCUT2D eigenvalue weighted by Crippen LogP contribution is -2.32. The van der Waals surface area contributed by atoms with E-state index in [9.17, 15) is 0 Å². The van der Waals surface area contributed by atoms with Gasteiger partial charge in [-0.15, -0.1) is 11.3 Å². The summed E-state index contributed by atoms with van der Waals surface area (Å²) in [7, 11) is 0. The summed E-state index contributed by atoms with van der Waals surface area (Å²) in [5.74, 6) is 1.04. The average Bonchev–Trinajstić information content (AvgIpc) is 3.29. The molecule has 124 valence electrons. The number of nitrogens with one attached hydrogen (secondary N) is 1. The third kappa shape index (κ3) is 2.68. The highest BCUT2D eigenvalue weighted by Crippen LogP contribution is 2.37. The van der Waals surface area contributed by atoms with Gasteiger partial charge in [-0.1, -0.05) is 42.5 Å². The Hall–Kier alpha value is -2.43. The summed E-state index contributed by atoms with van der Waals surface area (Å²) in [6.45, 7) is 2.03. The summed E-state index contributed by atoms with van der Waals surface area (Å²) in [5, 5.41) is 0. The normalized spacial score (nSPS) is 16.6. The second kappa shape index (κ2) is 6.14. The molecule has 1 aliphatic carbocycles. The minimum absolute atomic E-state index is 0.168. The van der Waals surface area contributed by atoms with Crippen molar-refractivity contribution in [3.8, 4) is 10.4 Å². The van der Waals surface area contributed by atoms with Crippen molar-refractivity contribution in [2.75, 3.05) is 13.1 Å². The van der Waals surface area contributed by atoms with Crippen molar-refractivity contribution in [2.45, 2.75) is 12.5 Å². The van der Waals surface area contributed by atoms with Crippen molar-refractivity contribution >= 4 is 22.4 Å². The number of rotatable bonds is 3. The van der Waals surface area contributed by atoms with Crippen molar-refractivity contribution in [1.29, 1.82) is 0 Å². The fourth-order valence-electron chi connectivity index (χ4n) is 3.61. The third-order valence-corrected chi connectivity index (χ3v) is 6.04. The van der Waals surface area contributed by atoms with Crippen LogP contribution < -0.4 is 0 Å². The van der Waals surface area contributed by atoms with Crippen LogP contribution in [0.1, 0.15) is 23.2 Å². The minimum atomic E-state index is 0.168. The zero-order valence-electron chi connectivity index (χ0n) is 13.9. The Morgan fingerprint density at radius 3 is 2.84 bits per heavy atom. The number of benzene rings is 1. The Labute approximate surface area is 151 Å². The highest BCUT2D eigenvalue weighted by molar-refractivity contribution is 7.15. The van der Waals surface area contributed by atoms with Crippen LogP contribution in [0.5, 0.6) is 0 Å². The summed E-state index contributed by atoms with van der Waals surface area (Å²) in [5.41, 5.74) is 3.46. The number of para-hydroxylation sites is 2. The summed E-state index contributed by atoms with van der Waals surface area (Å²) in [4.78, 5) is 13.7. The predicted octanol–water partition coefficient (Wildman–Crippen LogP) is 5.08. The molecule has 3 nitrogen and oxygen atoms in total. The topological polar surface area (TPSA) is 31.9 Å². The SMILES string of the molecule is C1=CCN(C(c2nc3ccccc3[nH]2)c2ccc3cccc-3s2)CC1.